The molecule has 0 aliphatic carbocycles. The van der Waals surface area contributed by atoms with Crippen LogP contribution in [0.4, 0.5) is 0 Å². The molecule has 0 saturated heterocycles. The van der Waals surface area contributed by atoms with Crippen LogP contribution in [-0.4, -0.2) is 32.1 Å². The van der Waals surface area contributed by atoms with E-state index in [1.54, 1.807) is 0 Å². The highest BCUT2D eigenvalue weighted by Gasteiger charge is 2.50. The molecule has 0 radical (unpaired) electrons. The largest absolute Gasteiger partial charge is 0.481 e. The molecule has 3 rings (SSSR count). The molecule has 1 heterocycles. The first-order chi connectivity index (χ1) is 15.8. The van der Waals surface area contributed by atoms with E-state index in [9.17, 15) is 19.8 Å². The van der Waals surface area contributed by atoms with Crippen molar-refractivity contribution < 1.29 is 19.8 Å². The van der Waals surface area contributed by atoms with E-state index in [2.05, 4.69) is 31.0 Å². The van der Waals surface area contributed by atoms with Crippen LogP contribution in [0, 0.1) is 5.92 Å². The van der Waals surface area contributed by atoms with Gasteiger partial charge in [0.05, 0.1) is 17.0 Å². The van der Waals surface area contributed by atoms with E-state index >= 15 is 0 Å². The van der Waals surface area contributed by atoms with Gasteiger partial charge in [-0.1, -0.05) is 70.0 Å². The van der Waals surface area contributed by atoms with Gasteiger partial charge in [-0.3, -0.25) is 9.59 Å². The lowest BCUT2D eigenvalue weighted by molar-refractivity contribution is -0.146. The summed E-state index contributed by atoms with van der Waals surface area (Å²) >= 11 is 0. The van der Waals surface area contributed by atoms with Crippen LogP contribution in [0.3, 0.4) is 0 Å². The number of aromatic nitrogens is 2. The molecule has 0 fully saturated rings. The molecule has 6 heteroatoms. The molecular weight excluding hydrogens is 416 g/mol. The number of nitrogens with zero attached hydrogens (tertiary/aromatic N) is 1. The van der Waals surface area contributed by atoms with Gasteiger partial charge in [0.25, 0.3) is 0 Å². The molecule has 3 atom stereocenters. The van der Waals surface area contributed by atoms with Crippen LogP contribution in [0.2, 0.25) is 0 Å². The van der Waals surface area contributed by atoms with Crippen molar-refractivity contribution in [3.63, 3.8) is 0 Å². The fraction of sp³-hybridized carbons (Fsp3) is 0.444. The number of aryl methyl sites for hydroxylation is 1. The normalized spacial score (nSPS) is 15.1. The Morgan fingerprint density at radius 1 is 1.06 bits per heavy atom. The van der Waals surface area contributed by atoms with Gasteiger partial charge in [-0.15, -0.1) is 0 Å². The number of para-hydroxylation sites is 2. The predicted octanol–water partition coefficient (Wildman–Crippen LogP) is 5.92. The molecule has 0 amide bonds. The maximum Gasteiger partial charge on any atom is 0.307 e. The zero-order chi connectivity index (χ0) is 24.0. The number of H-pyrrole nitrogens is 1. The summed E-state index contributed by atoms with van der Waals surface area (Å²) in [6.07, 6.45) is 3.13. The number of carbonyl (C=O) groups is 2. The SMILES string of the molecule is CCCc1cccc(C(C)C(CCC)(c2nc3ccccc3[nH]2)C(CCC(=O)O)C(=O)O)c1. The van der Waals surface area contributed by atoms with E-state index in [4.69, 9.17) is 4.98 Å². The molecule has 0 aliphatic heterocycles. The zero-order valence-electron chi connectivity index (χ0n) is 19.7. The third-order valence-corrected chi connectivity index (χ3v) is 6.82. The molecule has 3 N–H and O–H groups in total. The van der Waals surface area contributed by atoms with Crippen LogP contribution < -0.4 is 0 Å². The van der Waals surface area contributed by atoms with Crippen molar-refractivity contribution in [2.45, 2.75) is 70.6 Å². The van der Waals surface area contributed by atoms with Crippen molar-refractivity contribution in [1.82, 2.24) is 9.97 Å². The van der Waals surface area contributed by atoms with E-state index < -0.39 is 23.3 Å². The maximum atomic E-state index is 12.7. The number of fused-ring (bicyclic) bond motifs is 1. The minimum Gasteiger partial charge on any atom is -0.481 e. The Balaban J connectivity index is 2.24. The lowest BCUT2D eigenvalue weighted by Crippen LogP contribution is -2.45. The van der Waals surface area contributed by atoms with Crippen molar-refractivity contribution in [3.8, 4) is 0 Å². The number of imidazole rings is 1. The van der Waals surface area contributed by atoms with Crippen molar-refractivity contribution >= 4 is 23.0 Å². The highest BCUT2D eigenvalue weighted by atomic mass is 16.4. The third-order valence-electron chi connectivity index (χ3n) is 6.82. The first-order valence-electron chi connectivity index (χ1n) is 11.8. The van der Waals surface area contributed by atoms with Gasteiger partial charge in [0.1, 0.15) is 5.82 Å². The third kappa shape index (κ3) is 5.10. The van der Waals surface area contributed by atoms with Crippen molar-refractivity contribution in [2.24, 2.45) is 5.92 Å². The molecule has 1 aromatic heterocycles. The number of aromatic amines is 1. The zero-order valence-corrected chi connectivity index (χ0v) is 19.7. The Hall–Kier alpha value is -3.15. The van der Waals surface area contributed by atoms with E-state index in [-0.39, 0.29) is 18.8 Å². The van der Waals surface area contributed by atoms with E-state index in [1.807, 2.05) is 43.3 Å². The van der Waals surface area contributed by atoms with Gasteiger partial charge in [-0.05, 0) is 48.4 Å². The molecule has 0 aliphatic rings. The summed E-state index contributed by atoms with van der Waals surface area (Å²) < 4.78 is 0. The maximum absolute atomic E-state index is 12.7. The fourth-order valence-corrected chi connectivity index (χ4v) is 5.24. The van der Waals surface area contributed by atoms with Crippen LogP contribution in [-0.2, 0) is 21.4 Å². The summed E-state index contributed by atoms with van der Waals surface area (Å²) in [5, 5.41) is 19.7. The number of hydrogen-bond acceptors (Lipinski definition) is 3. The van der Waals surface area contributed by atoms with Gasteiger partial charge in [0, 0.05) is 11.8 Å². The molecule has 176 valence electrons. The number of aliphatic carboxylic acids is 2. The van der Waals surface area contributed by atoms with Crippen molar-refractivity contribution in [2.75, 3.05) is 0 Å². The minimum atomic E-state index is -0.992. The molecule has 6 nitrogen and oxygen atoms in total. The van der Waals surface area contributed by atoms with Crippen LogP contribution in [0.15, 0.2) is 48.5 Å². The van der Waals surface area contributed by atoms with Gasteiger partial charge in [0.2, 0.25) is 0 Å². The molecule has 3 aromatic rings. The number of hydrogen-bond donors (Lipinski definition) is 3. The molecule has 0 bridgehead atoms. The first kappa shape index (κ1) is 24.5. The Morgan fingerprint density at radius 2 is 1.82 bits per heavy atom. The summed E-state index contributed by atoms with van der Waals surface area (Å²) in [5.74, 6) is -2.45. The number of carboxylic acids is 2. The summed E-state index contributed by atoms with van der Waals surface area (Å²) in [4.78, 5) is 32.4. The van der Waals surface area contributed by atoms with Gasteiger partial charge >= 0.3 is 11.9 Å². The standard InChI is InChI=1S/C27H34N2O4/c1-4-9-19-10-8-11-20(17-19)18(3)27(16-5-2,21(25(32)33)14-15-24(30)31)26-28-22-12-6-7-13-23(22)29-26/h6-8,10-13,17-18,21H,4-5,9,14-16H2,1-3H3,(H,28,29)(H,30,31)(H,32,33). The Labute approximate surface area is 195 Å². The Bertz CT molecular complexity index is 1070. The molecular formula is C27H34N2O4. The lowest BCUT2D eigenvalue weighted by Gasteiger charge is -2.42. The number of rotatable bonds is 12. The average molecular weight is 451 g/mol. The smallest absolute Gasteiger partial charge is 0.307 e. The molecule has 3 unspecified atom stereocenters. The van der Waals surface area contributed by atoms with Gasteiger partial charge in [-0.2, -0.15) is 0 Å². The summed E-state index contributed by atoms with van der Waals surface area (Å²) in [5.41, 5.74) is 3.01. The van der Waals surface area contributed by atoms with Crippen molar-refractivity contribution in [3.05, 3.63) is 65.5 Å². The molecule has 33 heavy (non-hydrogen) atoms. The summed E-state index contributed by atoms with van der Waals surface area (Å²) in [7, 11) is 0. The molecule has 2 aromatic carbocycles. The van der Waals surface area contributed by atoms with Crippen LogP contribution >= 0.6 is 0 Å². The number of carboxylic acid groups (broad SMARTS) is 2. The topological polar surface area (TPSA) is 103 Å². The monoisotopic (exact) mass is 450 g/mol. The summed E-state index contributed by atoms with van der Waals surface area (Å²) in [6.45, 7) is 6.23. The second-order valence-electron chi connectivity index (χ2n) is 8.93. The van der Waals surface area contributed by atoms with Gasteiger partial charge in [0.15, 0.2) is 0 Å². The van der Waals surface area contributed by atoms with E-state index in [0.717, 1.165) is 35.9 Å². The predicted molar refractivity (Wildman–Crippen MR) is 130 cm³/mol. The number of nitrogens with one attached hydrogen (secondary N) is 1. The van der Waals surface area contributed by atoms with Crippen molar-refractivity contribution in [1.29, 1.82) is 0 Å². The Kier molecular flexibility index (Phi) is 7.90. The fourth-order valence-electron chi connectivity index (χ4n) is 5.24. The average Bonchev–Trinajstić information content (AvgIpc) is 3.22. The highest BCUT2D eigenvalue weighted by molar-refractivity contribution is 5.77. The van der Waals surface area contributed by atoms with Crippen LogP contribution in [0.5, 0.6) is 0 Å². The van der Waals surface area contributed by atoms with E-state index in [0.29, 0.717) is 12.2 Å². The number of benzene rings is 2. The second kappa shape index (κ2) is 10.6. The molecule has 0 saturated carbocycles. The van der Waals surface area contributed by atoms with Crippen LogP contribution in [0.1, 0.15) is 75.7 Å². The minimum absolute atomic E-state index is 0.0424. The highest BCUT2D eigenvalue weighted by Crippen LogP contribution is 2.49. The van der Waals surface area contributed by atoms with E-state index in [1.165, 1.54) is 5.56 Å². The summed E-state index contributed by atoms with van der Waals surface area (Å²) in [6, 6.07) is 16.0. The molecule has 0 spiro atoms. The second-order valence-corrected chi connectivity index (χ2v) is 8.93. The quantitative estimate of drug-likeness (QED) is 0.318. The van der Waals surface area contributed by atoms with Crippen LogP contribution in [0.25, 0.3) is 11.0 Å². The lowest BCUT2D eigenvalue weighted by atomic mass is 9.60. The first-order valence-corrected chi connectivity index (χ1v) is 11.8. The van der Waals surface area contributed by atoms with Gasteiger partial charge in [-0.25, -0.2) is 4.98 Å². The van der Waals surface area contributed by atoms with Gasteiger partial charge < -0.3 is 15.2 Å². The Morgan fingerprint density at radius 3 is 2.45 bits per heavy atom.